The normalized spacial score (nSPS) is 18.5. The van der Waals surface area contributed by atoms with Crippen molar-refractivity contribution in [1.29, 1.82) is 0 Å². The van der Waals surface area contributed by atoms with Gasteiger partial charge >= 0.3 is 5.97 Å². The second-order valence-corrected chi connectivity index (χ2v) is 5.33. The first-order valence-corrected chi connectivity index (χ1v) is 7.31. The second kappa shape index (κ2) is 7.70. The van der Waals surface area contributed by atoms with Gasteiger partial charge in [0, 0.05) is 25.3 Å². The predicted octanol–water partition coefficient (Wildman–Crippen LogP) is 1.13. The fourth-order valence-corrected chi connectivity index (χ4v) is 2.62. The molecule has 1 amide bonds. The van der Waals surface area contributed by atoms with Gasteiger partial charge in [-0.2, -0.15) is 0 Å². The highest BCUT2D eigenvalue weighted by atomic mass is 16.5. The monoisotopic (exact) mass is 303 g/mol. The number of carbonyl (C=O) groups excluding carboxylic acids is 2. The molecule has 22 heavy (non-hydrogen) atoms. The number of amides is 1. The molecule has 0 aliphatic carbocycles. The van der Waals surface area contributed by atoms with Gasteiger partial charge in [0.05, 0.1) is 7.11 Å². The molecule has 1 atom stereocenters. The maximum atomic E-state index is 11.5. The average Bonchev–Trinajstić information content (AvgIpc) is 2.54. The van der Waals surface area contributed by atoms with Crippen LogP contribution in [0.4, 0.5) is 0 Å². The highest BCUT2D eigenvalue weighted by molar-refractivity contribution is 5.87. The number of hydrogen-bond acceptors (Lipinski definition) is 5. The molecule has 0 spiro atoms. The van der Waals surface area contributed by atoms with Crippen LogP contribution in [-0.4, -0.2) is 48.0 Å². The van der Waals surface area contributed by atoms with Crippen LogP contribution in [0, 0.1) is 0 Å². The molecule has 6 nitrogen and oxygen atoms in total. The number of pyridine rings is 1. The summed E-state index contributed by atoms with van der Waals surface area (Å²) in [4.78, 5) is 29.2. The molecule has 0 bridgehead atoms. The molecule has 2 heterocycles. The van der Waals surface area contributed by atoms with Crippen molar-refractivity contribution in [2.75, 3.05) is 20.2 Å². The molecule has 1 aromatic heterocycles. The zero-order valence-electron chi connectivity index (χ0n) is 12.7. The van der Waals surface area contributed by atoms with Crippen molar-refractivity contribution in [2.45, 2.75) is 25.4 Å². The van der Waals surface area contributed by atoms with Crippen LogP contribution in [0.1, 0.15) is 28.9 Å². The molecule has 0 unspecified atom stereocenters. The van der Waals surface area contributed by atoms with E-state index in [0.29, 0.717) is 12.2 Å². The molecule has 118 valence electrons. The molecule has 0 saturated carbocycles. The molecule has 1 saturated heterocycles. The summed E-state index contributed by atoms with van der Waals surface area (Å²) in [6.45, 7) is 5.94. The van der Waals surface area contributed by atoms with Crippen LogP contribution in [-0.2, 0) is 16.1 Å². The number of methoxy groups -OCH3 is 1. The SMILES string of the molecule is C=CC(=O)N[C@@H]1CCCN(Cc2ccnc(C(=O)OC)c2)C1. The Morgan fingerprint density at radius 3 is 3.14 bits per heavy atom. The molecular weight excluding hydrogens is 282 g/mol. The van der Waals surface area contributed by atoms with Crippen LogP contribution >= 0.6 is 0 Å². The highest BCUT2D eigenvalue weighted by Crippen LogP contribution is 2.14. The van der Waals surface area contributed by atoms with Crippen LogP contribution in [0.25, 0.3) is 0 Å². The van der Waals surface area contributed by atoms with E-state index < -0.39 is 5.97 Å². The van der Waals surface area contributed by atoms with E-state index in [0.717, 1.165) is 31.5 Å². The van der Waals surface area contributed by atoms with Crippen LogP contribution in [0.3, 0.4) is 0 Å². The zero-order valence-corrected chi connectivity index (χ0v) is 12.7. The van der Waals surface area contributed by atoms with Crippen molar-refractivity contribution in [1.82, 2.24) is 15.2 Å². The summed E-state index contributed by atoms with van der Waals surface area (Å²) < 4.78 is 4.68. The van der Waals surface area contributed by atoms with Crippen molar-refractivity contribution >= 4 is 11.9 Å². The predicted molar refractivity (Wildman–Crippen MR) is 82.2 cm³/mol. The third kappa shape index (κ3) is 4.39. The van der Waals surface area contributed by atoms with Crippen molar-refractivity contribution < 1.29 is 14.3 Å². The van der Waals surface area contributed by atoms with Gasteiger partial charge in [0.2, 0.25) is 5.91 Å². The third-order valence-electron chi connectivity index (χ3n) is 3.66. The van der Waals surface area contributed by atoms with Crippen LogP contribution < -0.4 is 5.32 Å². The molecule has 2 rings (SSSR count). The summed E-state index contributed by atoms with van der Waals surface area (Å²) in [6.07, 6.45) is 4.91. The molecule has 1 fully saturated rings. The van der Waals surface area contributed by atoms with E-state index in [1.54, 1.807) is 12.3 Å². The molecule has 0 aromatic carbocycles. The first-order valence-electron chi connectivity index (χ1n) is 7.31. The molecule has 6 heteroatoms. The summed E-state index contributed by atoms with van der Waals surface area (Å²) in [5, 5.41) is 2.94. The van der Waals surface area contributed by atoms with Crippen LogP contribution in [0.15, 0.2) is 31.0 Å². The largest absolute Gasteiger partial charge is 0.464 e. The summed E-state index contributed by atoms with van der Waals surface area (Å²) in [5.41, 5.74) is 1.32. The Morgan fingerprint density at radius 1 is 1.59 bits per heavy atom. The van der Waals surface area contributed by atoms with Gasteiger partial charge in [0.15, 0.2) is 0 Å². The summed E-state index contributed by atoms with van der Waals surface area (Å²) in [7, 11) is 1.34. The van der Waals surface area contributed by atoms with E-state index in [9.17, 15) is 9.59 Å². The Hall–Kier alpha value is -2.21. The number of nitrogens with zero attached hydrogens (tertiary/aromatic N) is 2. The van der Waals surface area contributed by atoms with Gasteiger partial charge in [-0.3, -0.25) is 9.69 Å². The summed E-state index contributed by atoms with van der Waals surface area (Å²) >= 11 is 0. The Balaban J connectivity index is 1.96. The Labute approximate surface area is 130 Å². The maximum Gasteiger partial charge on any atom is 0.356 e. The summed E-state index contributed by atoms with van der Waals surface area (Å²) in [6, 6.07) is 3.78. The number of ether oxygens (including phenoxy) is 1. The van der Waals surface area contributed by atoms with Crippen molar-refractivity contribution in [3.8, 4) is 0 Å². The number of nitrogens with one attached hydrogen (secondary N) is 1. The standard InChI is InChI=1S/C16H21N3O3/c1-3-15(20)18-13-5-4-8-19(11-13)10-12-6-7-17-14(9-12)16(21)22-2/h3,6-7,9,13H,1,4-5,8,10-11H2,2H3,(H,18,20)/t13-/m1/s1. The number of carbonyl (C=O) groups is 2. The zero-order chi connectivity index (χ0) is 15.9. The number of piperidine rings is 1. The number of rotatable bonds is 5. The molecule has 1 N–H and O–H groups in total. The third-order valence-corrected chi connectivity index (χ3v) is 3.66. The lowest BCUT2D eigenvalue weighted by molar-refractivity contribution is -0.117. The van der Waals surface area contributed by atoms with E-state index >= 15 is 0 Å². The minimum atomic E-state index is -0.434. The van der Waals surface area contributed by atoms with Gasteiger partial charge in [-0.25, -0.2) is 9.78 Å². The fraction of sp³-hybridized carbons (Fsp3) is 0.438. The van der Waals surface area contributed by atoms with E-state index in [-0.39, 0.29) is 11.9 Å². The topological polar surface area (TPSA) is 71.5 Å². The van der Waals surface area contributed by atoms with Crippen LogP contribution in [0.2, 0.25) is 0 Å². The molecule has 1 aliphatic rings. The van der Waals surface area contributed by atoms with Gasteiger partial charge < -0.3 is 10.1 Å². The van der Waals surface area contributed by atoms with Crippen molar-refractivity contribution in [3.63, 3.8) is 0 Å². The Kier molecular flexibility index (Phi) is 5.66. The lowest BCUT2D eigenvalue weighted by Crippen LogP contribution is -2.46. The van der Waals surface area contributed by atoms with Gasteiger partial charge in [-0.1, -0.05) is 6.58 Å². The minimum absolute atomic E-state index is 0.135. The first kappa shape index (κ1) is 16.2. The lowest BCUT2D eigenvalue weighted by atomic mass is 10.0. The first-order chi connectivity index (χ1) is 10.6. The number of aromatic nitrogens is 1. The summed E-state index contributed by atoms with van der Waals surface area (Å²) in [5.74, 6) is -0.569. The van der Waals surface area contributed by atoms with Gasteiger partial charge in [-0.15, -0.1) is 0 Å². The maximum absolute atomic E-state index is 11.5. The van der Waals surface area contributed by atoms with Crippen LogP contribution in [0.5, 0.6) is 0 Å². The second-order valence-electron chi connectivity index (χ2n) is 5.33. The van der Waals surface area contributed by atoms with Crippen molar-refractivity contribution in [3.05, 3.63) is 42.2 Å². The van der Waals surface area contributed by atoms with Gasteiger partial charge in [-0.05, 0) is 43.2 Å². The Bertz CT molecular complexity index is 559. The highest BCUT2D eigenvalue weighted by Gasteiger charge is 2.21. The fourth-order valence-electron chi connectivity index (χ4n) is 2.62. The van der Waals surface area contributed by atoms with E-state index in [2.05, 4.69) is 26.5 Å². The molecule has 1 aromatic rings. The minimum Gasteiger partial charge on any atom is -0.464 e. The van der Waals surface area contributed by atoms with E-state index in [1.165, 1.54) is 13.2 Å². The Morgan fingerprint density at radius 2 is 2.41 bits per heavy atom. The smallest absolute Gasteiger partial charge is 0.356 e. The number of hydrogen-bond donors (Lipinski definition) is 1. The van der Waals surface area contributed by atoms with E-state index in [4.69, 9.17) is 0 Å². The van der Waals surface area contributed by atoms with E-state index in [1.807, 2.05) is 6.07 Å². The molecule has 0 radical (unpaired) electrons. The van der Waals surface area contributed by atoms with Gasteiger partial charge in [0.25, 0.3) is 0 Å². The molecular formula is C16H21N3O3. The quantitative estimate of drug-likeness (QED) is 0.652. The number of likely N-dealkylation sites (tertiary alicyclic amines) is 1. The van der Waals surface area contributed by atoms with Crippen molar-refractivity contribution in [2.24, 2.45) is 0 Å². The van der Waals surface area contributed by atoms with Gasteiger partial charge in [0.1, 0.15) is 5.69 Å². The molecule has 1 aliphatic heterocycles. The average molecular weight is 303 g/mol. The number of esters is 1. The lowest BCUT2D eigenvalue weighted by Gasteiger charge is -2.33.